The minimum atomic E-state index is 0.218. The van der Waals surface area contributed by atoms with Crippen LogP contribution in [-0.2, 0) is 4.79 Å². The van der Waals surface area contributed by atoms with E-state index in [1.165, 1.54) is 19.5 Å². The summed E-state index contributed by atoms with van der Waals surface area (Å²) in [5.74, 6) is 2.37. The third-order valence-electron chi connectivity index (χ3n) is 5.19. The Kier molecular flexibility index (Phi) is 3.46. The fourth-order valence-corrected chi connectivity index (χ4v) is 4.34. The maximum Gasteiger partial charge on any atom is 0.154 e. The van der Waals surface area contributed by atoms with E-state index in [0.717, 1.165) is 44.3 Å². The van der Waals surface area contributed by atoms with Gasteiger partial charge in [-0.05, 0) is 31.1 Å². The van der Waals surface area contributed by atoms with Gasteiger partial charge in [0, 0.05) is 38.6 Å². The summed E-state index contributed by atoms with van der Waals surface area (Å²) in [7, 11) is 0. The molecule has 1 aliphatic carbocycles. The minimum Gasteiger partial charge on any atom is -0.299 e. The number of piperazine rings is 3. The molecule has 2 bridgehead atoms. The molecule has 4 fully saturated rings. The van der Waals surface area contributed by atoms with Crippen LogP contribution in [0.1, 0.15) is 33.1 Å². The van der Waals surface area contributed by atoms with Crippen molar-refractivity contribution in [1.82, 2.24) is 9.80 Å². The topological polar surface area (TPSA) is 23.6 Å². The van der Waals surface area contributed by atoms with Crippen LogP contribution in [0.5, 0.6) is 0 Å². The van der Waals surface area contributed by atoms with Crippen LogP contribution in [0.3, 0.4) is 0 Å². The summed E-state index contributed by atoms with van der Waals surface area (Å²) in [6.07, 6.45) is 3.57. The second-order valence-corrected chi connectivity index (χ2v) is 6.87. The summed E-state index contributed by atoms with van der Waals surface area (Å²) in [6.45, 7) is 10.2. The van der Waals surface area contributed by atoms with E-state index in [-0.39, 0.29) is 6.04 Å². The second-order valence-electron chi connectivity index (χ2n) is 6.87. The zero-order valence-electron chi connectivity index (χ0n) is 11.8. The van der Waals surface area contributed by atoms with Crippen LogP contribution in [-0.4, -0.2) is 54.3 Å². The number of rotatable bonds is 2. The molecule has 3 heteroatoms. The average molecular weight is 250 g/mol. The Balaban J connectivity index is 1.67. The zero-order valence-corrected chi connectivity index (χ0v) is 11.8. The minimum absolute atomic E-state index is 0.218. The first kappa shape index (κ1) is 12.6. The monoisotopic (exact) mass is 250 g/mol. The van der Waals surface area contributed by atoms with E-state index in [0.29, 0.717) is 11.7 Å². The summed E-state index contributed by atoms with van der Waals surface area (Å²) < 4.78 is 0. The van der Waals surface area contributed by atoms with Gasteiger partial charge in [-0.25, -0.2) is 0 Å². The molecular formula is C15H26N2O. The van der Waals surface area contributed by atoms with Crippen LogP contribution in [0.25, 0.3) is 0 Å². The lowest BCUT2D eigenvalue weighted by Crippen LogP contribution is -2.64. The number of fused-ring (bicyclic) bond motifs is 3. The molecule has 102 valence electrons. The lowest BCUT2D eigenvalue weighted by molar-refractivity contribution is -0.135. The van der Waals surface area contributed by atoms with Crippen LogP contribution < -0.4 is 0 Å². The number of nitrogens with zero attached hydrogens (tertiary/aromatic N) is 2. The standard InChI is InChI=1S/C15H26N2O/c1-11-7-12(2)9-13(8-11)15(18)14-10-16-3-5-17(14)6-4-16/h11-14H,3-10H2,1-2H3. The van der Waals surface area contributed by atoms with Crippen LogP contribution in [0.2, 0.25) is 0 Å². The highest BCUT2D eigenvalue weighted by molar-refractivity contribution is 5.87. The van der Waals surface area contributed by atoms with E-state index in [4.69, 9.17) is 0 Å². The van der Waals surface area contributed by atoms with Crippen molar-refractivity contribution in [2.45, 2.75) is 39.2 Å². The molecule has 4 rings (SSSR count). The van der Waals surface area contributed by atoms with Crippen molar-refractivity contribution in [3.05, 3.63) is 0 Å². The Bertz CT molecular complexity index is 312. The number of Topliss-reactive ketones (excluding diaryl/α,β-unsaturated/α-hetero) is 1. The van der Waals surface area contributed by atoms with E-state index in [1.54, 1.807) is 0 Å². The molecule has 0 radical (unpaired) electrons. The van der Waals surface area contributed by atoms with Gasteiger partial charge in [-0.2, -0.15) is 0 Å². The molecule has 0 aromatic rings. The van der Waals surface area contributed by atoms with Crippen molar-refractivity contribution < 1.29 is 4.79 Å². The first-order valence-electron chi connectivity index (χ1n) is 7.63. The molecule has 0 aromatic heterocycles. The highest BCUT2D eigenvalue weighted by Crippen LogP contribution is 2.35. The summed E-state index contributed by atoms with van der Waals surface area (Å²) in [5, 5.41) is 0. The fourth-order valence-electron chi connectivity index (χ4n) is 4.34. The second kappa shape index (κ2) is 4.93. The zero-order chi connectivity index (χ0) is 12.7. The maximum absolute atomic E-state index is 12.8. The Hall–Kier alpha value is -0.410. The fraction of sp³-hybridized carbons (Fsp3) is 0.933. The Labute approximate surface area is 111 Å². The van der Waals surface area contributed by atoms with E-state index < -0.39 is 0 Å². The molecule has 3 nitrogen and oxygen atoms in total. The van der Waals surface area contributed by atoms with Gasteiger partial charge in [-0.15, -0.1) is 0 Å². The van der Waals surface area contributed by atoms with Crippen molar-refractivity contribution in [1.29, 1.82) is 0 Å². The number of carbonyl (C=O) groups excluding carboxylic acids is 1. The van der Waals surface area contributed by atoms with Gasteiger partial charge < -0.3 is 0 Å². The molecule has 3 atom stereocenters. The van der Waals surface area contributed by atoms with Gasteiger partial charge >= 0.3 is 0 Å². The molecule has 3 aliphatic heterocycles. The van der Waals surface area contributed by atoms with E-state index in [1.807, 2.05) is 0 Å². The van der Waals surface area contributed by atoms with Gasteiger partial charge in [0.05, 0.1) is 6.04 Å². The van der Waals surface area contributed by atoms with E-state index in [2.05, 4.69) is 23.6 Å². The summed E-state index contributed by atoms with van der Waals surface area (Å²) in [6, 6.07) is 0.218. The van der Waals surface area contributed by atoms with Crippen LogP contribution in [0.4, 0.5) is 0 Å². The maximum atomic E-state index is 12.8. The normalized spacial score (nSPS) is 48.1. The molecule has 0 N–H and O–H groups in total. The third kappa shape index (κ3) is 2.35. The van der Waals surface area contributed by atoms with Crippen molar-refractivity contribution in [3.8, 4) is 0 Å². The first-order chi connectivity index (χ1) is 8.63. The van der Waals surface area contributed by atoms with Gasteiger partial charge in [0.15, 0.2) is 5.78 Å². The molecular weight excluding hydrogens is 224 g/mol. The number of hydrogen-bond acceptors (Lipinski definition) is 3. The predicted molar refractivity (Wildman–Crippen MR) is 72.5 cm³/mol. The third-order valence-corrected chi connectivity index (χ3v) is 5.19. The largest absolute Gasteiger partial charge is 0.299 e. The molecule has 0 amide bonds. The molecule has 3 saturated heterocycles. The van der Waals surface area contributed by atoms with Crippen LogP contribution in [0.15, 0.2) is 0 Å². The van der Waals surface area contributed by atoms with Crippen LogP contribution in [0, 0.1) is 17.8 Å². The summed E-state index contributed by atoms with van der Waals surface area (Å²) >= 11 is 0. The Morgan fingerprint density at radius 3 is 2.06 bits per heavy atom. The lowest BCUT2D eigenvalue weighted by Gasteiger charge is -2.48. The molecule has 0 spiro atoms. The first-order valence-corrected chi connectivity index (χ1v) is 7.63. The van der Waals surface area contributed by atoms with Gasteiger partial charge in [0.2, 0.25) is 0 Å². The predicted octanol–water partition coefficient (Wildman–Crippen LogP) is 1.63. The van der Waals surface area contributed by atoms with Gasteiger partial charge in [-0.1, -0.05) is 13.8 Å². The Morgan fingerprint density at radius 1 is 0.944 bits per heavy atom. The van der Waals surface area contributed by atoms with Crippen molar-refractivity contribution >= 4 is 5.78 Å². The number of carbonyl (C=O) groups is 1. The molecule has 18 heavy (non-hydrogen) atoms. The number of hydrogen-bond donors (Lipinski definition) is 0. The molecule has 1 saturated carbocycles. The van der Waals surface area contributed by atoms with Crippen LogP contribution >= 0.6 is 0 Å². The highest BCUT2D eigenvalue weighted by atomic mass is 16.1. The van der Waals surface area contributed by atoms with Gasteiger partial charge in [0.25, 0.3) is 0 Å². The van der Waals surface area contributed by atoms with Gasteiger partial charge in [0.1, 0.15) is 0 Å². The summed E-state index contributed by atoms with van der Waals surface area (Å²) in [4.78, 5) is 17.7. The molecule has 3 unspecified atom stereocenters. The Morgan fingerprint density at radius 2 is 1.56 bits per heavy atom. The van der Waals surface area contributed by atoms with Crippen molar-refractivity contribution in [2.75, 3.05) is 32.7 Å². The highest BCUT2D eigenvalue weighted by Gasteiger charge is 2.40. The van der Waals surface area contributed by atoms with Crippen molar-refractivity contribution in [3.63, 3.8) is 0 Å². The SMILES string of the molecule is CC1CC(C)CC(C(=O)C2CN3CCN2CC3)C1. The lowest BCUT2D eigenvalue weighted by atomic mass is 9.73. The quantitative estimate of drug-likeness (QED) is 0.744. The van der Waals surface area contributed by atoms with E-state index in [9.17, 15) is 4.79 Å². The molecule has 0 aromatic carbocycles. The molecule has 4 aliphatic rings. The molecule has 3 heterocycles. The average Bonchev–Trinajstić information content (AvgIpc) is 2.38. The summed E-state index contributed by atoms with van der Waals surface area (Å²) in [5.41, 5.74) is 0. The van der Waals surface area contributed by atoms with E-state index >= 15 is 0 Å². The van der Waals surface area contributed by atoms with Crippen molar-refractivity contribution in [2.24, 2.45) is 17.8 Å². The van der Waals surface area contributed by atoms with Gasteiger partial charge in [-0.3, -0.25) is 14.6 Å². The number of ketones is 1. The smallest absolute Gasteiger partial charge is 0.154 e.